The minimum atomic E-state index is -0.977. The molecule has 1 aromatic carbocycles. The first kappa shape index (κ1) is 20.3. The first-order valence-electron chi connectivity index (χ1n) is 9.16. The number of hydrogen-bond donors (Lipinski definition) is 3. The van der Waals surface area contributed by atoms with Crippen LogP contribution in [0.25, 0.3) is 0 Å². The number of carbonyl (C=O) groups excluding carboxylic acids is 5. The molecule has 1 heterocycles. The van der Waals surface area contributed by atoms with Crippen molar-refractivity contribution in [2.75, 3.05) is 25.5 Å². The van der Waals surface area contributed by atoms with Gasteiger partial charge in [0.05, 0.1) is 0 Å². The first-order chi connectivity index (χ1) is 13.7. The Morgan fingerprint density at radius 1 is 1.21 bits per heavy atom. The molecule has 0 bridgehead atoms. The van der Waals surface area contributed by atoms with E-state index in [1.165, 1.54) is 31.3 Å². The van der Waals surface area contributed by atoms with Gasteiger partial charge in [0, 0.05) is 18.3 Å². The zero-order chi connectivity index (χ0) is 21.2. The maximum absolute atomic E-state index is 12.5. The summed E-state index contributed by atoms with van der Waals surface area (Å²) < 4.78 is 4.87. The second-order valence-electron chi connectivity index (χ2n) is 7.16. The maximum atomic E-state index is 12.5. The molecule has 0 aromatic heterocycles. The van der Waals surface area contributed by atoms with Crippen molar-refractivity contribution in [2.45, 2.75) is 25.3 Å². The molecule has 0 spiro atoms. The summed E-state index contributed by atoms with van der Waals surface area (Å²) in [6, 6.07) is 5.51. The van der Waals surface area contributed by atoms with Crippen LogP contribution < -0.4 is 16.0 Å². The fourth-order valence-electron chi connectivity index (χ4n) is 3.16. The molecule has 1 saturated carbocycles. The highest BCUT2D eigenvalue weighted by Crippen LogP contribution is 2.42. The standard InChI is InChI=1S/C19H22N4O6/c1-19(12-5-6-12)17(27)23(18(28)22-19)9-15(25)29-10-14(24)21-13-7-3-11(4-8-13)16(26)20-2/h3-4,7-8,12H,5-6,9-10H2,1-2H3,(H,20,26)(H,21,24)(H,22,28)/t19-/m1/s1. The zero-order valence-corrected chi connectivity index (χ0v) is 16.1. The van der Waals surface area contributed by atoms with Crippen LogP contribution in [-0.4, -0.2) is 60.4 Å². The summed E-state index contributed by atoms with van der Waals surface area (Å²) in [7, 11) is 1.51. The molecule has 5 amide bonds. The normalized spacial score (nSPS) is 20.8. The molecule has 154 valence electrons. The quantitative estimate of drug-likeness (QED) is 0.442. The third kappa shape index (κ3) is 4.36. The molecule has 1 saturated heterocycles. The topological polar surface area (TPSA) is 134 Å². The van der Waals surface area contributed by atoms with Crippen LogP contribution in [0.3, 0.4) is 0 Å². The van der Waals surface area contributed by atoms with E-state index in [9.17, 15) is 24.0 Å². The summed E-state index contributed by atoms with van der Waals surface area (Å²) in [5.41, 5.74) is -0.119. The predicted molar refractivity (Wildman–Crippen MR) is 101 cm³/mol. The lowest BCUT2D eigenvalue weighted by molar-refractivity contribution is -0.150. The summed E-state index contributed by atoms with van der Waals surface area (Å²) in [5.74, 6) is -2.08. The highest BCUT2D eigenvalue weighted by atomic mass is 16.5. The molecule has 1 aromatic rings. The highest BCUT2D eigenvalue weighted by Gasteiger charge is 2.56. The van der Waals surface area contributed by atoms with Gasteiger partial charge in [0.1, 0.15) is 12.1 Å². The van der Waals surface area contributed by atoms with E-state index in [-0.39, 0.29) is 11.8 Å². The molecule has 3 N–H and O–H groups in total. The van der Waals surface area contributed by atoms with E-state index in [0.717, 1.165) is 17.7 Å². The van der Waals surface area contributed by atoms with E-state index in [4.69, 9.17) is 4.74 Å². The van der Waals surface area contributed by atoms with E-state index in [1.807, 2.05) is 0 Å². The van der Waals surface area contributed by atoms with Gasteiger partial charge in [-0.1, -0.05) is 0 Å². The van der Waals surface area contributed by atoms with Gasteiger partial charge in [-0.25, -0.2) is 4.79 Å². The minimum absolute atomic E-state index is 0.0838. The van der Waals surface area contributed by atoms with Gasteiger partial charge in [0.2, 0.25) is 0 Å². The van der Waals surface area contributed by atoms with Gasteiger partial charge < -0.3 is 20.7 Å². The number of imide groups is 1. The molecule has 0 radical (unpaired) electrons. The van der Waals surface area contributed by atoms with Crippen molar-refractivity contribution >= 4 is 35.4 Å². The number of benzene rings is 1. The SMILES string of the molecule is CNC(=O)c1ccc(NC(=O)COC(=O)CN2C(=O)N[C@](C)(C3CC3)C2=O)cc1. The number of carbonyl (C=O) groups is 5. The van der Waals surface area contributed by atoms with Crippen molar-refractivity contribution in [3.8, 4) is 0 Å². The molecule has 0 unspecified atom stereocenters. The monoisotopic (exact) mass is 402 g/mol. The Labute approximate surface area is 166 Å². The molecule has 1 atom stereocenters. The van der Waals surface area contributed by atoms with Crippen molar-refractivity contribution in [1.82, 2.24) is 15.5 Å². The van der Waals surface area contributed by atoms with Crippen LogP contribution in [0, 0.1) is 5.92 Å². The zero-order valence-electron chi connectivity index (χ0n) is 16.1. The van der Waals surface area contributed by atoms with Gasteiger partial charge in [-0.3, -0.25) is 24.1 Å². The van der Waals surface area contributed by atoms with Crippen LogP contribution in [0.1, 0.15) is 30.1 Å². The molecule has 1 aliphatic heterocycles. The van der Waals surface area contributed by atoms with Gasteiger partial charge in [-0.05, 0) is 49.9 Å². The number of nitrogens with one attached hydrogen (secondary N) is 3. The molecule has 29 heavy (non-hydrogen) atoms. The van der Waals surface area contributed by atoms with Crippen LogP contribution in [0.15, 0.2) is 24.3 Å². The van der Waals surface area contributed by atoms with Crippen molar-refractivity contribution in [3.05, 3.63) is 29.8 Å². The molecule has 10 nitrogen and oxygen atoms in total. The number of hydrogen-bond acceptors (Lipinski definition) is 6. The lowest BCUT2D eigenvalue weighted by Gasteiger charge is -2.20. The number of amides is 5. The first-order valence-corrected chi connectivity index (χ1v) is 9.16. The average molecular weight is 402 g/mol. The third-order valence-corrected chi connectivity index (χ3v) is 5.00. The van der Waals surface area contributed by atoms with Crippen molar-refractivity contribution < 1.29 is 28.7 Å². The van der Waals surface area contributed by atoms with Crippen LogP contribution in [0.2, 0.25) is 0 Å². The van der Waals surface area contributed by atoms with Gasteiger partial charge >= 0.3 is 12.0 Å². The van der Waals surface area contributed by atoms with E-state index in [1.54, 1.807) is 6.92 Å². The van der Waals surface area contributed by atoms with Gasteiger partial charge in [0.15, 0.2) is 6.61 Å². The highest BCUT2D eigenvalue weighted by molar-refractivity contribution is 6.09. The number of rotatable bonds is 7. The molecule has 10 heteroatoms. The molecule has 2 aliphatic rings. The van der Waals surface area contributed by atoms with E-state index in [0.29, 0.717) is 11.3 Å². The summed E-state index contributed by atoms with van der Waals surface area (Å²) in [4.78, 5) is 60.7. The van der Waals surface area contributed by atoms with Gasteiger partial charge in [-0.2, -0.15) is 0 Å². The maximum Gasteiger partial charge on any atom is 0.326 e. The third-order valence-electron chi connectivity index (χ3n) is 5.00. The van der Waals surface area contributed by atoms with E-state index >= 15 is 0 Å². The molecular weight excluding hydrogens is 380 g/mol. The Balaban J connectivity index is 1.47. The summed E-state index contributed by atoms with van der Waals surface area (Å²) >= 11 is 0. The summed E-state index contributed by atoms with van der Waals surface area (Å²) in [6.45, 7) is 0.528. The number of urea groups is 1. The smallest absolute Gasteiger partial charge is 0.326 e. The predicted octanol–water partition coefficient (Wildman–Crippen LogP) is 0.248. The van der Waals surface area contributed by atoms with Crippen LogP contribution in [0.4, 0.5) is 10.5 Å². The Morgan fingerprint density at radius 3 is 2.45 bits per heavy atom. The molecule has 3 rings (SSSR count). The molecule has 2 fully saturated rings. The Bertz CT molecular complexity index is 864. The van der Waals surface area contributed by atoms with Crippen molar-refractivity contribution in [1.29, 1.82) is 0 Å². The van der Waals surface area contributed by atoms with Crippen molar-refractivity contribution in [3.63, 3.8) is 0 Å². The molecular formula is C19H22N4O6. The molecule has 1 aliphatic carbocycles. The summed E-state index contributed by atoms with van der Waals surface area (Å²) in [5, 5.41) is 7.64. The summed E-state index contributed by atoms with van der Waals surface area (Å²) in [6.07, 6.45) is 1.70. The fourth-order valence-corrected chi connectivity index (χ4v) is 3.16. The minimum Gasteiger partial charge on any atom is -0.454 e. The number of esters is 1. The van der Waals surface area contributed by atoms with E-state index < -0.39 is 42.5 Å². The fraction of sp³-hybridized carbons (Fsp3) is 0.421. The van der Waals surface area contributed by atoms with E-state index in [2.05, 4.69) is 16.0 Å². The van der Waals surface area contributed by atoms with Gasteiger partial charge in [0.25, 0.3) is 17.7 Å². The number of anilines is 1. The Morgan fingerprint density at radius 2 is 1.86 bits per heavy atom. The van der Waals surface area contributed by atoms with Crippen LogP contribution in [0.5, 0.6) is 0 Å². The van der Waals surface area contributed by atoms with Gasteiger partial charge in [-0.15, -0.1) is 0 Å². The lowest BCUT2D eigenvalue weighted by Crippen LogP contribution is -2.46. The largest absolute Gasteiger partial charge is 0.454 e. The second kappa shape index (κ2) is 7.90. The number of nitrogens with zero attached hydrogens (tertiary/aromatic N) is 1. The van der Waals surface area contributed by atoms with Crippen molar-refractivity contribution in [2.24, 2.45) is 5.92 Å². The Hall–Kier alpha value is -3.43. The number of ether oxygens (including phenoxy) is 1. The lowest BCUT2D eigenvalue weighted by atomic mass is 9.96. The Kier molecular flexibility index (Phi) is 5.53. The average Bonchev–Trinajstić information content (AvgIpc) is 3.52. The second-order valence-corrected chi connectivity index (χ2v) is 7.16. The van der Waals surface area contributed by atoms with Crippen LogP contribution in [-0.2, 0) is 19.1 Å². The van der Waals surface area contributed by atoms with Crippen LogP contribution >= 0.6 is 0 Å².